The summed E-state index contributed by atoms with van der Waals surface area (Å²) in [6, 6.07) is 3.13. The molecule has 98 valence electrons. The molecule has 17 heavy (non-hydrogen) atoms. The zero-order valence-electron chi connectivity index (χ0n) is 10.2. The van der Waals surface area contributed by atoms with E-state index in [9.17, 15) is 8.42 Å². The van der Waals surface area contributed by atoms with Gasteiger partial charge in [0.1, 0.15) is 5.76 Å². The Morgan fingerprint density at radius 1 is 1.47 bits per heavy atom. The molecule has 7 heteroatoms. The predicted molar refractivity (Wildman–Crippen MR) is 69.6 cm³/mol. The molecular weight excluding hydrogens is 260 g/mol. The fourth-order valence-electron chi connectivity index (χ4n) is 1.18. The van der Waals surface area contributed by atoms with Crippen LogP contribution >= 0.6 is 11.8 Å². The fraction of sp³-hybridized carbons (Fsp3) is 0.600. The van der Waals surface area contributed by atoms with Crippen molar-refractivity contribution in [1.82, 2.24) is 10.0 Å². The van der Waals surface area contributed by atoms with Crippen LogP contribution in [0.25, 0.3) is 0 Å². The molecule has 0 fully saturated rings. The van der Waals surface area contributed by atoms with Gasteiger partial charge in [0.05, 0.1) is 6.54 Å². The fourth-order valence-corrected chi connectivity index (χ4v) is 2.13. The Morgan fingerprint density at radius 3 is 2.76 bits per heavy atom. The van der Waals surface area contributed by atoms with Gasteiger partial charge >= 0.3 is 0 Å². The van der Waals surface area contributed by atoms with E-state index in [1.54, 1.807) is 17.8 Å². The van der Waals surface area contributed by atoms with Crippen molar-refractivity contribution >= 4 is 21.8 Å². The highest BCUT2D eigenvalue weighted by Gasteiger charge is 2.15. The highest BCUT2D eigenvalue weighted by molar-refractivity contribution is 7.99. The van der Waals surface area contributed by atoms with Crippen molar-refractivity contribution in [3.8, 4) is 0 Å². The Labute approximate surface area is 106 Å². The lowest BCUT2D eigenvalue weighted by atomic mass is 10.4. The second-order valence-electron chi connectivity index (χ2n) is 3.61. The number of furan rings is 1. The van der Waals surface area contributed by atoms with Crippen molar-refractivity contribution in [2.24, 2.45) is 0 Å². The first-order valence-electron chi connectivity index (χ1n) is 5.25. The van der Waals surface area contributed by atoms with E-state index in [0.29, 0.717) is 17.6 Å². The third-order valence-corrected chi connectivity index (χ3v) is 4.56. The molecule has 2 N–H and O–H groups in total. The molecule has 1 rings (SSSR count). The van der Waals surface area contributed by atoms with Gasteiger partial charge in [-0.05, 0) is 25.4 Å². The van der Waals surface area contributed by atoms with Crippen LogP contribution in [0.4, 0.5) is 0 Å². The first-order chi connectivity index (χ1) is 7.99. The number of rotatable bonds is 7. The van der Waals surface area contributed by atoms with Gasteiger partial charge in [-0.1, -0.05) is 6.92 Å². The molecule has 0 amide bonds. The van der Waals surface area contributed by atoms with Gasteiger partial charge in [0, 0.05) is 11.8 Å². The van der Waals surface area contributed by atoms with Crippen molar-refractivity contribution < 1.29 is 12.8 Å². The molecule has 0 aromatic carbocycles. The molecular formula is C10H18N2O3S2. The number of thioether (sulfide) groups is 1. The highest BCUT2D eigenvalue weighted by atomic mass is 32.2. The van der Waals surface area contributed by atoms with Crippen LogP contribution in [0.5, 0.6) is 0 Å². The summed E-state index contributed by atoms with van der Waals surface area (Å²) in [7, 11) is -2.11. The number of sulfonamides is 1. The van der Waals surface area contributed by atoms with E-state index in [4.69, 9.17) is 4.42 Å². The van der Waals surface area contributed by atoms with E-state index in [1.807, 2.05) is 0 Å². The maximum atomic E-state index is 11.4. The summed E-state index contributed by atoms with van der Waals surface area (Å²) < 4.78 is 30.3. The number of hydrogen-bond acceptors (Lipinski definition) is 5. The average Bonchev–Trinajstić information content (AvgIpc) is 2.78. The van der Waals surface area contributed by atoms with Crippen molar-refractivity contribution in [2.45, 2.75) is 23.8 Å². The summed E-state index contributed by atoms with van der Waals surface area (Å²) in [6.07, 6.45) is 2.05. The molecule has 0 saturated carbocycles. The first kappa shape index (κ1) is 14.6. The topological polar surface area (TPSA) is 71.3 Å². The van der Waals surface area contributed by atoms with E-state index >= 15 is 0 Å². The third kappa shape index (κ3) is 4.34. The second-order valence-corrected chi connectivity index (χ2v) is 6.70. The molecule has 0 bridgehead atoms. The normalized spacial score (nSPS) is 13.8. The lowest BCUT2D eigenvalue weighted by Crippen LogP contribution is -2.21. The van der Waals surface area contributed by atoms with Crippen molar-refractivity contribution in [3.63, 3.8) is 0 Å². The van der Waals surface area contributed by atoms with Gasteiger partial charge in [-0.25, -0.2) is 13.1 Å². The third-order valence-electron chi connectivity index (χ3n) is 2.30. The molecule has 0 aliphatic carbocycles. The Bertz CT molecular complexity index is 442. The van der Waals surface area contributed by atoms with Gasteiger partial charge in [0.15, 0.2) is 0 Å². The van der Waals surface area contributed by atoms with Crippen LogP contribution in [-0.4, -0.2) is 33.5 Å². The quantitative estimate of drug-likeness (QED) is 0.779. The van der Waals surface area contributed by atoms with E-state index in [1.165, 1.54) is 13.1 Å². The molecule has 0 saturated heterocycles. The number of nitrogens with one attached hydrogen (secondary N) is 2. The van der Waals surface area contributed by atoms with Crippen LogP contribution in [0.15, 0.2) is 21.6 Å². The zero-order valence-corrected chi connectivity index (χ0v) is 11.8. The largest absolute Gasteiger partial charge is 0.447 e. The predicted octanol–water partition coefficient (Wildman–Crippen LogP) is 1.03. The summed E-state index contributed by atoms with van der Waals surface area (Å²) >= 11 is 1.77. The van der Waals surface area contributed by atoms with Gasteiger partial charge in [-0.3, -0.25) is 0 Å². The molecule has 0 spiro atoms. The molecule has 1 unspecified atom stereocenters. The molecule has 0 aliphatic rings. The van der Waals surface area contributed by atoms with Crippen molar-refractivity contribution in [1.29, 1.82) is 0 Å². The minimum Gasteiger partial charge on any atom is -0.447 e. The Balaban J connectivity index is 2.52. The van der Waals surface area contributed by atoms with Crippen LogP contribution in [0.2, 0.25) is 0 Å². The molecule has 1 atom stereocenters. The smallest absolute Gasteiger partial charge is 0.273 e. The highest BCUT2D eigenvalue weighted by Crippen LogP contribution is 2.13. The van der Waals surface area contributed by atoms with E-state index in [2.05, 4.69) is 23.2 Å². The first-order valence-corrected chi connectivity index (χ1v) is 8.02. The molecule has 1 aromatic heterocycles. The van der Waals surface area contributed by atoms with Crippen LogP contribution in [0.1, 0.15) is 12.7 Å². The Hall–Kier alpha value is -0.500. The summed E-state index contributed by atoms with van der Waals surface area (Å²) in [6.45, 7) is 3.51. The molecule has 1 aromatic rings. The maximum Gasteiger partial charge on any atom is 0.273 e. The number of hydrogen-bond donors (Lipinski definition) is 2. The van der Waals surface area contributed by atoms with Gasteiger partial charge in [0.25, 0.3) is 10.0 Å². The van der Waals surface area contributed by atoms with E-state index < -0.39 is 10.0 Å². The standard InChI is InChI=1S/C10H18N2O3S2/c1-8(16-3)6-12-7-9-4-5-10(15-9)17(13,14)11-2/h4-5,8,11-12H,6-7H2,1-3H3. The van der Waals surface area contributed by atoms with Gasteiger partial charge in [-0.2, -0.15) is 11.8 Å². The summed E-state index contributed by atoms with van der Waals surface area (Å²) in [5, 5.41) is 3.68. The van der Waals surface area contributed by atoms with Gasteiger partial charge in [0.2, 0.25) is 5.09 Å². The van der Waals surface area contributed by atoms with Crippen molar-refractivity contribution in [3.05, 3.63) is 17.9 Å². The Morgan fingerprint density at radius 2 is 2.18 bits per heavy atom. The second kappa shape index (κ2) is 6.44. The zero-order chi connectivity index (χ0) is 12.9. The van der Waals surface area contributed by atoms with Crippen molar-refractivity contribution in [2.75, 3.05) is 19.8 Å². The minimum absolute atomic E-state index is 0.0466. The van der Waals surface area contributed by atoms with E-state index in [-0.39, 0.29) is 5.09 Å². The van der Waals surface area contributed by atoms with Crippen LogP contribution in [-0.2, 0) is 16.6 Å². The maximum absolute atomic E-state index is 11.4. The summed E-state index contributed by atoms with van der Waals surface area (Å²) in [5.74, 6) is 0.618. The summed E-state index contributed by atoms with van der Waals surface area (Å²) in [5.41, 5.74) is 0. The van der Waals surface area contributed by atoms with Gasteiger partial charge < -0.3 is 9.73 Å². The minimum atomic E-state index is -3.47. The molecule has 1 heterocycles. The Kier molecular flexibility index (Phi) is 5.51. The van der Waals surface area contributed by atoms with Crippen LogP contribution in [0.3, 0.4) is 0 Å². The lowest BCUT2D eigenvalue weighted by Gasteiger charge is -2.08. The van der Waals surface area contributed by atoms with Crippen LogP contribution < -0.4 is 10.0 Å². The van der Waals surface area contributed by atoms with Crippen LogP contribution in [0, 0.1) is 0 Å². The molecule has 0 aliphatic heterocycles. The summed E-state index contributed by atoms with van der Waals surface area (Å²) in [4.78, 5) is 0. The lowest BCUT2D eigenvalue weighted by molar-refractivity contribution is 0.401. The van der Waals surface area contributed by atoms with Gasteiger partial charge in [-0.15, -0.1) is 0 Å². The average molecular weight is 278 g/mol. The monoisotopic (exact) mass is 278 g/mol. The van der Waals surface area contributed by atoms with E-state index in [0.717, 1.165) is 6.54 Å². The SMILES string of the molecule is CNS(=O)(=O)c1ccc(CNCC(C)SC)o1. The molecule has 0 radical (unpaired) electrons. The molecule has 5 nitrogen and oxygen atoms in total.